The van der Waals surface area contributed by atoms with Crippen LogP contribution in [0.2, 0.25) is 0 Å². The van der Waals surface area contributed by atoms with E-state index >= 15 is 0 Å². The van der Waals surface area contributed by atoms with Gasteiger partial charge in [0.05, 0.1) is 4.90 Å². The van der Waals surface area contributed by atoms with Crippen molar-refractivity contribution < 1.29 is 8.42 Å². The topological polar surface area (TPSA) is 63.4 Å². The van der Waals surface area contributed by atoms with Gasteiger partial charge in [-0.3, -0.25) is 0 Å². The molecule has 0 bridgehead atoms. The van der Waals surface area contributed by atoms with Gasteiger partial charge in [0.15, 0.2) is 0 Å². The Labute approximate surface area is 82.0 Å². The first-order valence-corrected chi connectivity index (χ1v) is 5.25. The van der Waals surface area contributed by atoms with Crippen LogP contribution >= 0.6 is 11.8 Å². The first-order valence-electron chi connectivity index (χ1n) is 3.47. The lowest BCUT2D eigenvalue weighted by Gasteiger charge is -2.09. The molecule has 1 aromatic carbocycles. The van der Waals surface area contributed by atoms with Gasteiger partial charge in [-0.25, -0.2) is 14.3 Å². The summed E-state index contributed by atoms with van der Waals surface area (Å²) in [5.41, 5.74) is 0.610. The summed E-state index contributed by atoms with van der Waals surface area (Å²) in [4.78, 5) is 0.118. The molecule has 0 spiro atoms. The molecule has 0 amide bonds. The summed E-state index contributed by atoms with van der Waals surface area (Å²) in [5, 5.41) is 0. The highest BCUT2D eigenvalue weighted by Gasteiger charge is 2.21. The summed E-state index contributed by atoms with van der Waals surface area (Å²) < 4.78 is 23.0. The van der Waals surface area contributed by atoms with Gasteiger partial charge in [0.2, 0.25) is 0 Å². The van der Waals surface area contributed by atoms with E-state index in [0.717, 1.165) is 0 Å². The van der Waals surface area contributed by atoms with Gasteiger partial charge in [-0.1, -0.05) is 18.2 Å². The molecule has 0 saturated carbocycles. The van der Waals surface area contributed by atoms with Crippen molar-refractivity contribution >= 4 is 21.8 Å². The average molecular weight is 221 g/mol. The molecule has 0 unspecified atom stereocenters. The summed E-state index contributed by atoms with van der Waals surface area (Å²) in [6.07, 6.45) is 0. The number of benzene rings is 1. The molecule has 0 saturated heterocycles. The quantitative estimate of drug-likeness (QED) is 0.460. The molecule has 6 heteroatoms. The Morgan fingerprint density at radius 3 is 2.38 bits per heavy atom. The summed E-state index contributed by atoms with van der Waals surface area (Å²) in [7, 11) is -3.73. The van der Waals surface area contributed by atoms with Gasteiger partial charge in [0, 0.05) is 11.8 Å². The second-order valence-corrected chi connectivity index (χ2v) is 4.86. The lowest BCUT2D eigenvalue weighted by molar-refractivity contribution is 0.545. The minimum atomic E-state index is -3.73. The number of sulfonamides is 1. The molecule has 0 aliphatic carbocycles. The molecule has 0 aliphatic heterocycles. The number of hydrogen-bond acceptors (Lipinski definition) is 3. The predicted octanol–water partition coefficient (Wildman–Crippen LogP) is 1.01. The van der Waals surface area contributed by atoms with Crippen molar-refractivity contribution in [1.29, 1.82) is 0 Å². The van der Waals surface area contributed by atoms with E-state index in [1.54, 1.807) is 25.1 Å². The molecule has 0 atom stereocenters. The molecular formula is C7H9ClN2O2S. The maximum absolute atomic E-state index is 11.4. The van der Waals surface area contributed by atoms with E-state index in [1.165, 1.54) is 6.07 Å². The number of nitrogens with zero attached hydrogens (tertiary/aromatic N) is 1. The molecule has 0 aliphatic rings. The first-order chi connectivity index (χ1) is 5.96. The summed E-state index contributed by atoms with van der Waals surface area (Å²) in [6, 6.07) is 6.48. The van der Waals surface area contributed by atoms with Gasteiger partial charge in [-0.15, -0.1) is 0 Å². The zero-order valence-corrected chi connectivity index (χ0v) is 8.51. The molecule has 2 N–H and O–H groups in total. The molecule has 0 aromatic heterocycles. The third-order valence-electron chi connectivity index (χ3n) is 1.60. The monoisotopic (exact) mass is 220 g/mol. The number of rotatable bonds is 2. The largest absolute Gasteiger partial charge is 0.269 e. The van der Waals surface area contributed by atoms with Crippen LogP contribution in [0.5, 0.6) is 0 Å². The number of aryl methyl sites for hydroxylation is 1. The van der Waals surface area contributed by atoms with Crippen LogP contribution in [-0.4, -0.2) is 12.4 Å². The van der Waals surface area contributed by atoms with Crippen LogP contribution in [0.1, 0.15) is 5.56 Å². The minimum Gasteiger partial charge on any atom is -0.240 e. The van der Waals surface area contributed by atoms with Crippen molar-refractivity contribution in [3.05, 3.63) is 29.8 Å². The lowest BCUT2D eigenvalue weighted by Crippen LogP contribution is -2.28. The normalized spacial score (nSPS) is 12.0. The highest BCUT2D eigenvalue weighted by molar-refractivity contribution is 7.90. The van der Waals surface area contributed by atoms with Crippen molar-refractivity contribution in [2.75, 3.05) is 0 Å². The number of hydrogen-bond donors (Lipinski definition) is 1. The molecule has 4 nitrogen and oxygen atoms in total. The van der Waals surface area contributed by atoms with E-state index in [-0.39, 0.29) is 8.83 Å². The molecule has 72 valence electrons. The van der Waals surface area contributed by atoms with Crippen LogP contribution < -0.4 is 5.84 Å². The Morgan fingerprint density at radius 1 is 1.38 bits per heavy atom. The SMILES string of the molecule is Cc1ccccc1S(=O)(=O)N(N)Cl. The number of hydrazine groups is 1. The first kappa shape index (κ1) is 10.5. The fraction of sp³-hybridized carbons (Fsp3) is 0.143. The third kappa shape index (κ3) is 2.00. The Hall–Kier alpha value is -0.620. The van der Waals surface area contributed by atoms with E-state index in [2.05, 4.69) is 0 Å². The maximum atomic E-state index is 11.4. The molecule has 1 aromatic rings. The van der Waals surface area contributed by atoms with Gasteiger partial charge in [0.1, 0.15) is 0 Å². The van der Waals surface area contributed by atoms with Crippen LogP contribution in [-0.2, 0) is 10.0 Å². The van der Waals surface area contributed by atoms with Crippen LogP contribution in [0, 0.1) is 6.92 Å². The second kappa shape index (κ2) is 3.63. The van der Waals surface area contributed by atoms with Gasteiger partial charge in [-0.2, -0.15) is 0 Å². The van der Waals surface area contributed by atoms with Crippen LogP contribution in [0.4, 0.5) is 0 Å². The Kier molecular flexibility index (Phi) is 2.92. The fourth-order valence-corrected chi connectivity index (χ4v) is 2.08. The molecule has 0 heterocycles. The van der Waals surface area contributed by atoms with Crippen LogP contribution in [0.25, 0.3) is 0 Å². The maximum Gasteiger partial charge on any atom is 0.269 e. The fourth-order valence-electron chi connectivity index (χ4n) is 0.940. The zero-order valence-electron chi connectivity index (χ0n) is 6.94. The average Bonchev–Trinajstić information content (AvgIpc) is 2.04. The van der Waals surface area contributed by atoms with Crippen molar-refractivity contribution in [2.45, 2.75) is 11.8 Å². The smallest absolute Gasteiger partial charge is 0.240 e. The zero-order chi connectivity index (χ0) is 10.1. The van der Waals surface area contributed by atoms with Crippen LogP contribution in [0.3, 0.4) is 0 Å². The van der Waals surface area contributed by atoms with Crippen molar-refractivity contribution in [2.24, 2.45) is 5.84 Å². The highest BCUT2D eigenvalue weighted by atomic mass is 35.5. The van der Waals surface area contributed by atoms with Crippen molar-refractivity contribution in [1.82, 2.24) is 3.93 Å². The van der Waals surface area contributed by atoms with Gasteiger partial charge >= 0.3 is 0 Å². The predicted molar refractivity (Wildman–Crippen MR) is 50.2 cm³/mol. The van der Waals surface area contributed by atoms with Gasteiger partial charge in [0.25, 0.3) is 10.0 Å². The number of halogens is 1. The lowest BCUT2D eigenvalue weighted by atomic mass is 10.2. The van der Waals surface area contributed by atoms with Crippen LogP contribution in [0.15, 0.2) is 29.2 Å². The molecule has 0 fully saturated rings. The molecule has 1 rings (SSSR count). The molecule has 13 heavy (non-hydrogen) atoms. The Balaban J connectivity index is 3.32. The molecular weight excluding hydrogens is 212 g/mol. The van der Waals surface area contributed by atoms with Crippen molar-refractivity contribution in [3.63, 3.8) is 0 Å². The van der Waals surface area contributed by atoms with Crippen molar-refractivity contribution in [3.8, 4) is 0 Å². The van der Waals surface area contributed by atoms with E-state index in [0.29, 0.717) is 5.56 Å². The second-order valence-electron chi connectivity index (χ2n) is 2.51. The van der Waals surface area contributed by atoms with E-state index < -0.39 is 10.0 Å². The third-order valence-corrected chi connectivity index (χ3v) is 3.62. The Morgan fingerprint density at radius 2 is 1.92 bits per heavy atom. The van der Waals surface area contributed by atoms with Gasteiger partial charge < -0.3 is 0 Å². The standard InChI is InChI=1S/C7H9ClN2O2S/c1-6-4-2-3-5-7(6)13(11,12)10(8)9/h2-5H,9H2,1H3. The molecule has 0 radical (unpaired) electrons. The summed E-state index contributed by atoms with van der Waals surface area (Å²) >= 11 is 5.20. The highest BCUT2D eigenvalue weighted by Crippen LogP contribution is 2.17. The Bertz CT molecular complexity index is 403. The summed E-state index contributed by atoms with van der Waals surface area (Å²) in [6.45, 7) is 1.67. The van der Waals surface area contributed by atoms with E-state index in [4.69, 9.17) is 17.6 Å². The summed E-state index contributed by atoms with van der Waals surface area (Å²) in [5.74, 6) is 4.98. The minimum absolute atomic E-state index is 0.118. The number of nitrogens with two attached hydrogens (primary N) is 1. The van der Waals surface area contributed by atoms with E-state index in [1.807, 2.05) is 0 Å². The van der Waals surface area contributed by atoms with E-state index in [9.17, 15) is 8.42 Å². The van der Waals surface area contributed by atoms with Gasteiger partial charge in [-0.05, 0) is 22.5 Å².